The van der Waals surface area contributed by atoms with Crippen LogP contribution in [-0.4, -0.2) is 4.98 Å². The molecule has 92 valence electrons. The van der Waals surface area contributed by atoms with Crippen molar-refractivity contribution in [2.75, 3.05) is 0 Å². The summed E-state index contributed by atoms with van der Waals surface area (Å²) in [7, 11) is 0. The van der Waals surface area contributed by atoms with Crippen molar-refractivity contribution in [3.05, 3.63) is 41.7 Å². The second kappa shape index (κ2) is 6.58. The Kier molecular flexibility index (Phi) is 4.78. The number of pyridine rings is 1. The van der Waals surface area contributed by atoms with Crippen LogP contribution in [0.3, 0.4) is 0 Å². The van der Waals surface area contributed by atoms with Gasteiger partial charge in [0.05, 0.1) is 0 Å². The first-order chi connectivity index (χ1) is 8.34. The standard InChI is InChI=1S/C16H23N/c1-14-9-6-4-2-3-5-7-10-15-11-8-12-16(13-14)17-15/h4,6,8,11-12,14H,2-3,5,7,9-10,13H2,1H3/b6-4-/t14-/m1/s1. The Morgan fingerprint density at radius 3 is 2.88 bits per heavy atom. The maximum atomic E-state index is 4.76. The van der Waals surface area contributed by atoms with E-state index < -0.39 is 0 Å². The Morgan fingerprint density at radius 1 is 1.06 bits per heavy atom. The van der Waals surface area contributed by atoms with Crippen LogP contribution in [0.25, 0.3) is 0 Å². The fraction of sp³-hybridized carbons (Fsp3) is 0.562. The van der Waals surface area contributed by atoms with Crippen molar-refractivity contribution in [1.82, 2.24) is 4.98 Å². The average molecular weight is 229 g/mol. The lowest BCUT2D eigenvalue weighted by Crippen LogP contribution is -2.02. The van der Waals surface area contributed by atoms with Crippen LogP contribution in [0.2, 0.25) is 0 Å². The second-order valence-corrected chi connectivity index (χ2v) is 5.24. The fourth-order valence-corrected chi connectivity index (χ4v) is 2.41. The Morgan fingerprint density at radius 2 is 1.94 bits per heavy atom. The monoisotopic (exact) mass is 229 g/mol. The third-order valence-electron chi connectivity index (χ3n) is 3.43. The van der Waals surface area contributed by atoms with Crippen molar-refractivity contribution in [1.29, 1.82) is 0 Å². The summed E-state index contributed by atoms with van der Waals surface area (Å²) in [5.74, 6) is 0.703. The highest BCUT2D eigenvalue weighted by atomic mass is 14.7. The van der Waals surface area contributed by atoms with Crippen molar-refractivity contribution in [3.8, 4) is 0 Å². The molecule has 1 aliphatic rings. The number of allylic oxidation sites excluding steroid dienone is 2. The summed E-state index contributed by atoms with van der Waals surface area (Å²) in [4.78, 5) is 4.76. The third kappa shape index (κ3) is 4.33. The Labute approximate surface area is 105 Å². The molecule has 1 heteroatoms. The first-order valence-corrected chi connectivity index (χ1v) is 6.94. The first kappa shape index (κ1) is 12.3. The van der Waals surface area contributed by atoms with Crippen molar-refractivity contribution in [2.24, 2.45) is 5.92 Å². The molecule has 0 unspecified atom stereocenters. The molecule has 0 fully saturated rings. The van der Waals surface area contributed by atoms with Crippen LogP contribution >= 0.6 is 0 Å². The largest absolute Gasteiger partial charge is 0.258 e. The molecule has 1 aromatic heterocycles. The number of hydrogen-bond donors (Lipinski definition) is 0. The van der Waals surface area contributed by atoms with Crippen LogP contribution in [0, 0.1) is 5.92 Å². The second-order valence-electron chi connectivity index (χ2n) is 5.24. The molecule has 1 aromatic rings. The highest BCUT2D eigenvalue weighted by molar-refractivity contribution is 5.12. The van der Waals surface area contributed by atoms with Gasteiger partial charge in [0.2, 0.25) is 0 Å². The third-order valence-corrected chi connectivity index (χ3v) is 3.43. The van der Waals surface area contributed by atoms with Crippen LogP contribution < -0.4 is 0 Å². The number of hydrogen-bond acceptors (Lipinski definition) is 1. The smallest absolute Gasteiger partial charge is 0.0409 e. The molecule has 0 saturated heterocycles. The molecule has 1 atom stereocenters. The zero-order valence-electron chi connectivity index (χ0n) is 10.9. The zero-order valence-corrected chi connectivity index (χ0v) is 10.9. The quantitative estimate of drug-likeness (QED) is 0.604. The van der Waals surface area contributed by atoms with E-state index in [0.29, 0.717) is 5.92 Å². The van der Waals surface area contributed by atoms with Gasteiger partial charge in [0, 0.05) is 11.4 Å². The summed E-state index contributed by atoms with van der Waals surface area (Å²) >= 11 is 0. The van der Waals surface area contributed by atoms with Gasteiger partial charge in [-0.3, -0.25) is 4.98 Å². The van der Waals surface area contributed by atoms with E-state index in [4.69, 9.17) is 4.98 Å². The molecule has 0 aromatic carbocycles. The number of nitrogens with zero attached hydrogens (tertiary/aromatic N) is 1. The molecule has 2 heterocycles. The molecule has 0 radical (unpaired) electrons. The van der Waals surface area contributed by atoms with Gasteiger partial charge in [-0.2, -0.15) is 0 Å². The van der Waals surface area contributed by atoms with Gasteiger partial charge >= 0.3 is 0 Å². The van der Waals surface area contributed by atoms with E-state index in [1.165, 1.54) is 43.5 Å². The van der Waals surface area contributed by atoms with Gasteiger partial charge in [-0.1, -0.05) is 31.6 Å². The summed E-state index contributed by atoms with van der Waals surface area (Å²) in [5, 5.41) is 0. The van der Waals surface area contributed by atoms with Gasteiger partial charge < -0.3 is 0 Å². The SMILES string of the molecule is C[C@@H]1C/C=C\CCCCCc2cccc(n2)C1. The molecular formula is C16H23N. The highest BCUT2D eigenvalue weighted by Crippen LogP contribution is 2.14. The molecule has 0 saturated carbocycles. The van der Waals surface area contributed by atoms with Gasteiger partial charge in [0.15, 0.2) is 0 Å². The summed E-state index contributed by atoms with van der Waals surface area (Å²) in [6.45, 7) is 2.32. The van der Waals surface area contributed by atoms with Crippen molar-refractivity contribution in [2.45, 2.75) is 51.9 Å². The molecule has 17 heavy (non-hydrogen) atoms. The van der Waals surface area contributed by atoms with Crippen LogP contribution in [0.15, 0.2) is 30.4 Å². The van der Waals surface area contributed by atoms with Gasteiger partial charge in [-0.25, -0.2) is 0 Å². The number of fused-ring (bicyclic) bond motifs is 2. The Balaban J connectivity index is 2.07. The van der Waals surface area contributed by atoms with Crippen molar-refractivity contribution >= 4 is 0 Å². The van der Waals surface area contributed by atoms with Crippen molar-refractivity contribution in [3.63, 3.8) is 0 Å². The molecule has 2 rings (SSSR count). The lowest BCUT2D eigenvalue weighted by Gasteiger charge is -2.09. The minimum Gasteiger partial charge on any atom is -0.258 e. The minimum atomic E-state index is 0.703. The fourth-order valence-electron chi connectivity index (χ4n) is 2.41. The van der Waals surface area contributed by atoms with Crippen LogP contribution in [-0.2, 0) is 12.8 Å². The van der Waals surface area contributed by atoms with E-state index in [0.717, 1.165) is 12.8 Å². The lowest BCUT2D eigenvalue weighted by molar-refractivity contribution is 0.579. The summed E-state index contributed by atoms with van der Waals surface area (Å²) in [5.41, 5.74) is 2.55. The van der Waals surface area contributed by atoms with Gasteiger partial charge in [0.25, 0.3) is 0 Å². The van der Waals surface area contributed by atoms with E-state index in [1.54, 1.807) is 0 Å². The summed E-state index contributed by atoms with van der Waals surface area (Å²) < 4.78 is 0. The molecule has 0 aliphatic carbocycles. The van der Waals surface area contributed by atoms with E-state index in [1.807, 2.05) is 0 Å². The molecule has 2 bridgehead atoms. The molecule has 0 spiro atoms. The van der Waals surface area contributed by atoms with E-state index in [-0.39, 0.29) is 0 Å². The van der Waals surface area contributed by atoms with Crippen molar-refractivity contribution < 1.29 is 0 Å². The van der Waals surface area contributed by atoms with Crippen LogP contribution in [0.1, 0.15) is 50.4 Å². The number of rotatable bonds is 0. The molecule has 1 aliphatic heterocycles. The van der Waals surface area contributed by atoms with Gasteiger partial charge in [-0.15, -0.1) is 0 Å². The van der Waals surface area contributed by atoms with E-state index in [9.17, 15) is 0 Å². The number of aromatic nitrogens is 1. The maximum Gasteiger partial charge on any atom is 0.0409 e. The minimum absolute atomic E-state index is 0.703. The lowest BCUT2D eigenvalue weighted by atomic mass is 10.0. The summed E-state index contributed by atoms with van der Waals surface area (Å²) in [6.07, 6.45) is 13.3. The Hall–Kier alpha value is -1.11. The maximum absolute atomic E-state index is 4.76. The van der Waals surface area contributed by atoms with Crippen LogP contribution in [0.4, 0.5) is 0 Å². The molecule has 0 N–H and O–H groups in total. The van der Waals surface area contributed by atoms with Gasteiger partial charge in [-0.05, 0) is 56.6 Å². The van der Waals surface area contributed by atoms with Gasteiger partial charge in [0.1, 0.15) is 0 Å². The predicted molar refractivity (Wildman–Crippen MR) is 73.0 cm³/mol. The Bertz CT molecular complexity index is 368. The average Bonchev–Trinajstić information content (AvgIpc) is 2.33. The van der Waals surface area contributed by atoms with E-state index in [2.05, 4.69) is 37.3 Å². The predicted octanol–water partition coefficient (Wildman–Crippen LogP) is 4.32. The van der Waals surface area contributed by atoms with Crippen LogP contribution in [0.5, 0.6) is 0 Å². The summed E-state index contributed by atoms with van der Waals surface area (Å²) in [6, 6.07) is 6.51. The topological polar surface area (TPSA) is 12.9 Å². The molecule has 0 amide bonds. The molecular weight excluding hydrogens is 206 g/mol. The first-order valence-electron chi connectivity index (χ1n) is 6.94. The molecule has 1 nitrogen and oxygen atoms in total. The number of aryl methyl sites for hydroxylation is 1. The normalized spacial score (nSPS) is 24.2. The highest BCUT2D eigenvalue weighted by Gasteiger charge is 2.05. The zero-order chi connectivity index (χ0) is 11.9. The van der Waals surface area contributed by atoms with E-state index >= 15 is 0 Å².